The number of carbonyl (C=O) groups excluding carboxylic acids is 1. The zero-order valence-corrected chi connectivity index (χ0v) is 14.6. The van der Waals surface area contributed by atoms with Crippen LogP contribution in [0, 0.1) is 5.92 Å². The van der Waals surface area contributed by atoms with Gasteiger partial charge < -0.3 is 19.1 Å². The van der Waals surface area contributed by atoms with E-state index in [0.29, 0.717) is 5.92 Å². The van der Waals surface area contributed by atoms with Crippen molar-refractivity contribution < 1.29 is 19.0 Å². The van der Waals surface area contributed by atoms with Crippen LogP contribution < -0.4 is 4.74 Å². The van der Waals surface area contributed by atoms with Gasteiger partial charge in [-0.1, -0.05) is 12.1 Å². The third-order valence-corrected chi connectivity index (χ3v) is 5.24. The van der Waals surface area contributed by atoms with Crippen molar-refractivity contribution in [2.75, 3.05) is 40.5 Å². The fourth-order valence-electron chi connectivity index (χ4n) is 3.93. The van der Waals surface area contributed by atoms with Crippen molar-refractivity contribution in [3.8, 4) is 5.75 Å². The third-order valence-electron chi connectivity index (χ3n) is 5.24. The molecule has 1 aromatic carbocycles. The number of hydrogen-bond donors (Lipinski definition) is 0. The van der Waals surface area contributed by atoms with Gasteiger partial charge >= 0.3 is 0 Å². The molecule has 2 saturated heterocycles. The van der Waals surface area contributed by atoms with Gasteiger partial charge in [0.25, 0.3) is 0 Å². The standard InChI is InChI=1S/C19H27NO4/c1-22-14-18(21)20-8-6-19(7-9-20)12-16(13-24-19)10-15-4-3-5-17(11-15)23-2/h3-5,11,16H,6-10,12-14H2,1-2H3/t16-/m1/s1. The summed E-state index contributed by atoms with van der Waals surface area (Å²) < 4.78 is 16.5. The molecule has 2 heterocycles. The second kappa shape index (κ2) is 7.53. The van der Waals surface area contributed by atoms with Gasteiger partial charge in [0.2, 0.25) is 5.91 Å². The van der Waals surface area contributed by atoms with Crippen LogP contribution in [0.15, 0.2) is 24.3 Å². The minimum absolute atomic E-state index is 0.0343. The van der Waals surface area contributed by atoms with E-state index in [4.69, 9.17) is 14.2 Å². The molecule has 2 fully saturated rings. The average Bonchev–Trinajstić information content (AvgIpc) is 2.98. The van der Waals surface area contributed by atoms with Crippen molar-refractivity contribution >= 4 is 5.91 Å². The lowest BCUT2D eigenvalue weighted by Crippen LogP contribution is -2.47. The summed E-state index contributed by atoms with van der Waals surface area (Å²) in [5.74, 6) is 1.53. The summed E-state index contributed by atoms with van der Waals surface area (Å²) in [6.07, 6.45) is 3.95. The van der Waals surface area contributed by atoms with E-state index < -0.39 is 0 Å². The molecule has 1 amide bonds. The summed E-state index contributed by atoms with van der Waals surface area (Å²) in [5, 5.41) is 0. The Hall–Kier alpha value is -1.59. The molecule has 0 saturated carbocycles. The van der Waals surface area contributed by atoms with E-state index in [-0.39, 0.29) is 18.1 Å². The SMILES string of the molecule is COCC(=O)N1CCC2(CC1)C[C@@H](Cc1cccc(OC)c1)CO2. The van der Waals surface area contributed by atoms with Crippen LogP contribution in [0.2, 0.25) is 0 Å². The predicted octanol–water partition coefficient (Wildman–Crippen LogP) is 2.28. The first kappa shape index (κ1) is 17.2. The number of likely N-dealkylation sites (tertiary alicyclic amines) is 1. The Kier molecular flexibility index (Phi) is 5.41. The summed E-state index contributed by atoms with van der Waals surface area (Å²) in [7, 11) is 3.26. The molecule has 1 aromatic rings. The Balaban J connectivity index is 1.53. The zero-order chi connectivity index (χ0) is 17.0. The maximum atomic E-state index is 11.9. The van der Waals surface area contributed by atoms with Gasteiger partial charge in [-0.05, 0) is 49.3 Å². The quantitative estimate of drug-likeness (QED) is 0.829. The first-order valence-corrected chi connectivity index (χ1v) is 8.68. The van der Waals surface area contributed by atoms with E-state index in [1.54, 1.807) is 14.2 Å². The first-order valence-electron chi connectivity index (χ1n) is 8.68. The summed E-state index contributed by atoms with van der Waals surface area (Å²) in [6.45, 7) is 2.53. The van der Waals surface area contributed by atoms with Crippen LogP contribution in [-0.4, -0.2) is 56.9 Å². The lowest BCUT2D eigenvalue weighted by Gasteiger charge is -2.38. The second-order valence-electron chi connectivity index (χ2n) is 6.93. The maximum absolute atomic E-state index is 11.9. The molecule has 0 aliphatic carbocycles. The highest BCUT2D eigenvalue weighted by atomic mass is 16.5. The molecule has 1 spiro atoms. The van der Waals surface area contributed by atoms with Crippen molar-refractivity contribution in [3.63, 3.8) is 0 Å². The monoisotopic (exact) mass is 333 g/mol. The molecule has 0 radical (unpaired) electrons. The first-order chi connectivity index (χ1) is 11.6. The van der Waals surface area contributed by atoms with Gasteiger partial charge in [0.15, 0.2) is 0 Å². The minimum Gasteiger partial charge on any atom is -0.497 e. The normalized spacial score (nSPS) is 22.8. The highest BCUT2D eigenvalue weighted by molar-refractivity contribution is 5.77. The van der Waals surface area contributed by atoms with E-state index in [1.807, 2.05) is 17.0 Å². The molecule has 5 heteroatoms. The van der Waals surface area contributed by atoms with Crippen LogP contribution in [-0.2, 0) is 20.7 Å². The van der Waals surface area contributed by atoms with Gasteiger partial charge in [-0.2, -0.15) is 0 Å². The van der Waals surface area contributed by atoms with Gasteiger partial charge in [-0.15, -0.1) is 0 Å². The van der Waals surface area contributed by atoms with Crippen molar-refractivity contribution in [1.29, 1.82) is 0 Å². The molecule has 24 heavy (non-hydrogen) atoms. The Morgan fingerprint density at radius 3 is 2.83 bits per heavy atom. The number of amides is 1. The molecular formula is C19H27NO4. The maximum Gasteiger partial charge on any atom is 0.248 e. The van der Waals surface area contributed by atoms with Crippen LogP contribution >= 0.6 is 0 Å². The van der Waals surface area contributed by atoms with E-state index in [2.05, 4.69) is 12.1 Å². The Morgan fingerprint density at radius 1 is 1.33 bits per heavy atom. The number of nitrogens with zero attached hydrogens (tertiary/aromatic N) is 1. The highest BCUT2D eigenvalue weighted by Crippen LogP contribution is 2.39. The van der Waals surface area contributed by atoms with Gasteiger partial charge in [0, 0.05) is 20.2 Å². The number of piperidine rings is 1. The fraction of sp³-hybridized carbons (Fsp3) is 0.632. The Bertz CT molecular complexity index is 566. The molecule has 0 unspecified atom stereocenters. The molecule has 0 aromatic heterocycles. The molecule has 132 valence electrons. The second-order valence-corrected chi connectivity index (χ2v) is 6.93. The van der Waals surface area contributed by atoms with Crippen LogP contribution in [0.3, 0.4) is 0 Å². The van der Waals surface area contributed by atoms with Crippen molar-refractivity contribution in [1.82, 2.24) is 4.90 Å². The molecule has 5 nitrogen and oxygen atoms in total. The van der Waals surface area contributed by atoms with Gasteiger partial charge in [-0.3, -0.25) is 4.79 Å². The summed E-state index contributed by atoms with van der Waals surface area (Å²) >= 11 is 0. The smallest absolute Gasteiger partial charge is 0.248 e. The number of rotatable bonds is 5. The van der Waals surface area contributed by atoms with Crippen molar-refractivity contribution in [3.05, 3.63) is 29.8 Å². The van der Waals surface area contributed by atoms with Gasteiger partial charge in [0.1, 0.15) is 12.4 Å². The predicted molar refractivity (Wildman–Crippen MR) is 91.2 cm³/mol. The molecule has 0 bridgehead atoms. The lowest BCUT2D eigenvalue weighted by molar-refractivity contribution is -0.139. The number of hydrogen-bond acceptors (Lipinski definition) is 4. The lowest BCUT2D eigenvalue weighted by atomic mass is 9.83. The Morgan fingerprint density at radius 2 is 2.12 bits per heavy atom. The van der Waals surface area contributed by atoms with Crippen LogP contribution in [0.1, 0.15) is 24.8 Å². The minimum atomic E-state index is -0.0343. The van der Waals surface area contributed by atoms with E-state index in [1.165, 1.54) is 5.56 Å². The van der Waals surface area contributed by atoms with Gasteiger partial charge in [-0.25, -0.2) is 0 Å². The van der Waals surface area contributed by atoms with Crippen LogP contribution in [0.5, 0.6) is 5.75 Å². The molecule has 1 atom stereocenters. The fourth-order valence-corrected chi connectivity index (χ4v) is 3.93. The van der Waals surface area contributed by atoms with Crippen molar-refractivity contribution in [2.45, 2.75) is 31.3 Å². The molecule has 3 rings (SSSR count). The van der Waals surface area contributed by atoms with E-state index in [9.17, 15) is 4.79 Å². The van der Waals surface area contributed by atoms with Crippen LogP contribution in [0.25, 0.3) is 0 Å². The number of carbonyl (C=O) groups is 1. The highest BCUT2D eigenvalue weighted by Gasteiger charge is 2.43. The summed E-state index contributed by atoms with van der Waals surface area (Å²) in [6, 6.07) is 8.28. The largest absolute Gasteiger partial charge is 0.497 e. The molecule has 0 N–H and O–H groups in total. The summed E-state index contributed by atoms with van der Waals surface area (Å²) in [5.41, 5.74) is 1.26. The number of benzene rings is 1. The Labute approximate surface area is 143 Å². The molecular weight excluding hydrogens is 306 g/mol. The molecule has 2 aliphatic rings. The van der Waals surface area contributed by atoms with E-state index in [0.717, 1.165) is 51.1 Å². The number of ether oxygens (including phenoxy) is 3. The van der Waals surface area contributed by atoms with E-state index >= 15 is 0 Å². The summed E-state index contributed by atoms with van der Waals surface area (Å²) in [4.78, 5) is 13.8. The van der Waals surface area contributed by atoms with Crippen LogP contribution in [0.4, 0.5) is 0 Å². The average molecular weight is 333 g/mol. The van der Waals surface area contributed by atoms with Crippen molar-refractivity contribution in [2.24, 2.45) is 5.92 Å². The molecule has 2 aliphatic heterocycles. The topological polar surface area (TPSA) is 48.0 Å². The number of methoxy groups -OCH3 is 2. The zero-order valence-electron chi connectivity index (χ0n) is 14.6. The third kappa shape index (κ3) is 3.90. The van der Waals surface area contributed by atoms with Gasteiger partial charge in [0.05, 0.1) is 19.3 Å².